The fourth-order valence-electron chi connectivity index (χ4n) is 2.47. The summed E-state index contributed by atoms with van der Waals surface area (Å²) in [6, 6.07) is 10.2. The van der Waals surface area contributed by atoms with E-state index in [2.05, 4.69) is 5.32 Å². The fourth-order valence-corrected chi connectivity index (χ4v) is 2.47. The SMILES string of the molecule is CN(CC(=O)NC(C)(C)C)C(=O)COC(=O)c1cc2ccccc2cc1O. The van der Waals surface area contributed by atoms with Crippen LogP contribution in [-0.4, -0.2) is 53.5 Å². The van der Waals surface area contributed by atoms with E-state index in [0.29, 0.717) is 0 Å². The molecule has 2 aromatic carbocycles. The topological polar surface area (TPSA) is 95.9 Å². The number of ether oxygens (including phenoxy) is 1. The van der Waals surface area contributed by atoms with Crippen molar-refractivity contribution < 1.29 is 24.2 Å². The number of nitrogens with zero attached hydrogens (tertiary/aromatic N) is 1. The number of esters is 1. The van der Waals surface area contributed by atoms with Gasteiger partial charge in [-0.25, -0.2) is 4.79 Å². The molecule has 7 heteroatoms. The molecular weight excluding hydrogens is 348 g/mol. The normalized spacial score (nSPS) is 11.1. The van der Waals surface area contributed by atoms with Gasteiger partial charge < -0.3 is 20.1 Å². The summed E-state index contributed by atoms with van der Waals surface area (Å²) >= 11 is 0. The van der Waals surface area contributed by atoms with Crippen LogP contribution in [0.25, 0.3) is 10.8 Å². The summed E-state index contributed by atoms with van der Waals surface area (Å²) in [5.74, 6) is -1.85. The average Bonchev–Trinajstić information content (AvgIpc) is 2.56. The van der Waals surface area contributed by atoms with Gasteiger partial charge in [-0.3, -0.25) is 9.59 Å². The molecule has 7 nitrogen and oxygen atoms in total. The Bertz CT molecular complexity index is 870. The Kier molecular flexibility index (Phi) is 6.05. The van der Waals surface area contributed by atoms with Crippen LogP contribution in [0.4, 0.5) is 0 Å². The zero-order chi connectivity index (χ0) is 20.2. The molecule has 144 valence electrons. The number of hydrogen-bond donors (Lipinski definition) is 2. The smallest absolute Gasteiger partial charge is 0.342 e. The molecule has 0 aliphatic carbocycles. The van der Waals surface area contributed by atoms with Crippen molar-refractivity contribution in [2.45, 2.75) is 26.3 Å². The van der Waals surface area contributed by atoms with Crippen molar-refractivity contribution in [1.82, 2.24) is 10.2 Å². The Morgan fingerprint density at radius 3 is 2.30 bits per heavy atom. The number of nitrogens with one attached hydrogen (secondary N) is 1. The van der Waals surface area contributed by atoms with Gasteiger partial charge in [0.25, 0.3) is 5.91 Å². The molecule has 0 saturated heterocycles. The molecule has 2 N–H and O–H groups in total. The molecule has 0 heterocycles. The van der Waals surface area contributed by atoms with E-state index in [1.54, 1.807) is 6.07 Å². The Balaban J connectivity index is 1.95. The summed E-state index contributed by atoms with van der Waals surface area (Å²) in [5, 5.41) is 14.3. The molecule has 0 aliphatic heterocycles. The van der Waals surface area contributed by atoms with Crippen LogP contribution in [0.1, 0.15) is 31.1 Å². The van der Waals surface area contributed by atoms with E-state index in [1.807, 2.05) is 39.0 Å². The minimum Gasteiger partial charge on any atom is -0.507 e. The summed E-state index contributed by atoms with van der Waals surface area (Å²) in [6.45, 7) is 4.85. The minimum absolute atomic E-state index is 0.0189. The van der Waals surface area contributed by atoms with Gasteiger partial charge in [-0.05, 0) is 43.7 Å². The predicted octanol–water partition coefficient (Wildman–Crippen LogP) is 2.08. The van der Waals surface area contributed by atoms with E-state index in [9.17, 15) is 19.5 Å². The van der Waals surface area contributed by atoms with Crippen molar-refractivity contribution in [3.63, 3.8) is 0 Å². The van der Waals surface area contributed by atoms with Crippen LogP contribution < -0.4 is 5.32 Å². The number of carbonyl (C=O) groups excluding carboxylic acids is 3. The van der Waals surface area contributed by atoms with Gasteiger partial charge in [0, 0.05) is 12.6 Å². The lowest BCUT2D eigenvalue weighted by atomic mass is 10.1. The first-order valence-corrected chi connectivity index (χ1v) is 8.50. The van der Waals surface area contributed by atoms with Gasteiger partial charge in [0.05, 0.1) is 6.54 Å². The van der Waals surface area contributed by atoms with Crippen molar-refractivity contribution >= 4 is 28.6 Å². The Hall–Kier alpha value is -3.09. The molecular formula is C20H24N2O5. The zero-order valence-electron chi connectivity index (χ0n) is 15.9. The molecule has 0 aromatic heterocycles. The molecule has 0 fully saturated rings. The van der Waals surface area contributed by atoms with E-state index in [-0.39, 0.29) is 23.8 Å². The van der Waals surface area contributed by atoms with Crippen molar-refractivity contribution in [3.8, 4) is 5.75 Å². The Labute approximate surface area is 157 Å². The number of aromatic hydroxyl groups is 1. The van der Waals surface area contributed by atoms with Crippen molar-refractivity contribution in [2.75, 3.05) is 20.2 Å². The number of carbonyl (C=O) groups is 3. The number of hydrogen-bond acceptors (Lipinski definition) is 5. The first-order chi connectivity index (χ1) is 12.6. The maximum absolute atomic E-state index is 12.2. The van der Waals surface area contributed by atoms with Gasteiger partial charge in [0.1, 0.15) is 11.3 Å². The van der Waals surface area contributed by atoms with Gasteiger partial charge in [-0.2, -0.15) is 0 Å². The quantitative estimate of drug-likeness (QED) is 0.784. The van der Waals surface area contributed by atoms with Crippen LogP contribution in [0.2, 0.25) is 0 Å². The number of rotatable bonds is 5. The summed E-state index contributed by atoms with van der Waals surface area (Å²) in [4.78, 5) is 37.3. The Morgan fingerprint density at radius 2 is 1.70 bits per heavy atom. The largest absolute Gasteiger partial charge is 0.507 e. The molecule has 2 aromatic rings. The van der Waals surface area contributed by atoms with Crippen molar-refractivity contribution in [2.24, 2.45) is 0 Å². The summed E-state index contributed by atoms with van der Waals surface area (Å²) in [5.41, 5.74) is -0.421. The molecule has 0 radical (unpaired) electrons. The van der Waals surface area contributed by atoms with E-state index in [1.165, 1.54) is 24.1 Å². The van der Waals surface area contributed by atoms with E-state index < -0.39 is 24.0 Å². The highest BCUT2D eigenvalue weighted by Gasteiger charge is 2.20. The van der Waals surface area contributed by atoms with Crippen LogP contribution in [-0.2, 0) is 14.3 Å². The number of fused-ring (bicyclic) bond motifs is 1. The first-order valence-electron chi connectivity index (χ1n) is 8.50. The molecule has 2 rings (SSSR count). The molecule has 0 unspecified atom stereocenters. The van der Waals surface area contributed by atoms with Gasteiger partial charge in [0.15, 0.2) is 6.61 Å². The monoisotopic (exact) mass is 372 g/mol. The fraction of sp³-hybridized carbons (Fsp3) is 0.350. The molecule has 0 bridgehead atoms. The Morgan fingerprint density at radius 1 is 1.11 bits per heavy atom. The molecule has 0 atom stereocenters. The summed E-state index contributed by atoms with van der Waals surface area (Å²) < 4.78 is 5.00. The lowest BCUT2D eigenvalue weighted by Crippen LogP contribution is -2.46. The van der Waals surface area contributed by atoms with Crippen molar-refractivity contribution in [3.05, 3.63) is 42.0 Å². The number of phenols is 1. The molecule has 2 amide bonds. The molecule has 0 aliphatic rings. The summed E-state index contributed by atoms with van der Waals surface area (Å²) in [7, 11) is 1.45. The van der Waals surface area contributed by atoms with Crippen LogP contribution >= 0.6 is 0 Å². The number of amides is 2. The lowest BCUT2D eigenvalue weighted by Gasteiger charge is -2.23. The van der Waals surface area contributed by atoms with E-state index >= 15 is 0 Å². The lowest BCUT2D eigenvalue weighted by molar-refractivity contribution is -0.137. The van der Waals surface area contributed by atoms with Gasteiger partial charge in [0.2, 0.25) is 5.91 Å². The predicted molar refractivity (Wildman–Crippen MR) is 101 cm³/mol. The van der Waals surface area contributed by atoms with Gasteiger partial charge in [-0.1, -0.05) is 24.3 Å². The number of benzene rings is 2. The highest BCUT2D eigenvalue weighted by molar-refractivity contribution is 5.99. The zero-order valence-corrected chi connectivity index (χ0v) is 15.9. The van der Waals surface area contributed by atoms with Gasteiger partial charge in [-0.15, -0.1) is 0 Å². The van der Waals surface area contributed by atoms with Crippen LogP contribution in [0.15, 0.2) is 36.4 Å². The van der Waals surface area contributed by atoms with E-state index in [4.69, 9.17) is 4.74 Å². The second kappa shape index (κ2) is 8.07. The second-order valence-corrected chi connectivity index (χ2v) is 7.34. The highest BCUT2D eigenvalue weighted by atomic mass is 16.5. The summed E-state index contributed by atoms with van der Waals surface area (Å²) in [6.07, 6.45) is 0. The van der Waals surface area contributed by atoms with Crippen molar-refractivity contribution in [1.29, 1.82) is 0 Å². The molecule has 0 saturated carbocycles. The number of likely N-dealkylation sites (N-methyl/N-ethyl adjacent to an activating group) is 1. The minimum atomic E-state index is -0.806. The molecule has 27 heavy (non-hydrogen) atoms. The molecule has 0 spiro atoms. The van der Waals surface area contributed by atoms with Crippen LogP contribution in [0.5, 0.6) is 5.75 Å². The third kappa shape index (κ3) is 5.70. The number of phenolic OH excluding ortho intramolecular Hbond substituents is 1. The maximum atomic E-state index is 12.2. The highest BCUT2D eigenvalue weighted by Crippen LogP contribution is 2.25. The van der Waals surface area contributed by atoms with Crippen LogP contribution in [0, 0.1) is 0 Å². The first kappa shape index (κ1) is 20.2. The third-order valence-electron chi connectivity index (χ3n) is 3.73. The van der Waals surface area contributed by atoms with E-state index in [0.717, 1.165) is 10.8 Å². The maximum Gasteiger partial charge on any atom is 0.342 e. The average molecular weight is 372 g/mol. The standard InChI is InChI=1S/C20H24N2O5/c1-20(2,3)21-17(24)11-22(4)18(25)12-27-19(26)15-9-13-7-5-6-8-14(13)10-16(15)23/h5-10,23H,11-12H2,1-4H3,(H,21,24). The third-order valence-corrected chi connectivity index (χ3v) is 3.73. The van der Waals surface area contributed by atoms with Gasteiger partial charge >= 0.3 is 5.97 Å². The second-order valence-electron chi connectivity index (χ2n) is 7.34. The van der Waals surface area contributed by atoms with Crippen LogP contribution in [0.3, 0.4) is 0 Å².